The van der Waals surface area contributed by atoms with Crippen molar-refractivity contribution in [2.24, 2.45) is 0 Å². The van der Waals surface area contributed by atoms with Crippen LogP contribution in [0.2, 0.25) is 0 Å². The Labute approximate surface area is 164 Å². The molecule has 0 radical (unpaired) electrons. The average molecular weight is 376 g/mol. The number of amides is 1. The fraction of sp³-hybridized carbons (Fsp3) is 0.476. The van der Waals surface area contributed by atoms with Gasteiger partial charge in [-0.15, -0.1) is 11.3 Å². The average Bonchev–Trinajstić information content (AvgIpc) is 3.20. The first-order chi connectivity index (χ1) is 13.8. The van der Waals surface area contributed by atoms with Gasteiger partial charge in [-0.1, -0.05) is 31.1 Å². The molecule has 1 fully saturated rings. The normalized spacial score (nSPS) is 19.3. The van der Waals surface area contributed by atoms with Crippen LogP contribution in [0.3, 0.4) is 0 Å². The van der Waals surface area contributed by atoms with Gasteiger partial charge in [-0.3, -0.25) is 9.69 Å². The van der Waals surface area contributed by atoms with Gasteiger partial charge in [0.1, 0.15) is 5.72 Å². The summed E-state index contributed by atoms with van der Waals surface area (Å²) in [5.74, 6) is -0.426. The molecule has 1 amide bonds. The van der Waals surface area contributed by atoms with Crippen LogP contribution in [0.5, 0.6) is 0 Å². The summed E-state index contributed by atoms with van der Waals surface area (Å²) in [4.78, 5) is 18.4. The number of likely N-dealkylation sites (tertiary alicyclic amines) is 1. The predicted octanol–water partition coefficient (Wildman–Crippen LogP) is 4.17. The smallest absolute Gasteiger partial charge is 0.229 e. The number of rotatable bonds is 7. The molecule has 1 aromatic heterocycles. The second kappa shape index (κ2) is 8.80. The third-order valence-corrected chi connectivity index (χ3v) is 6.03. The lowest BCUT2D eigenvalue weighted by Gasteiger charge is -2.47. The molecule has 1 saturated heterocycles. The van der Waals surface area contributed by atoms with E-state index < -0.39 is 24.9 Å². The lowest BCUT2D eigenvalue weighted by Crippen LogP contribution is -2.59. The Hall–Kier alpha value is -1.69. The van der Waals surface area contributed by atoms with Crippen molar-refractivity contribution >= 4 is 22.9 Å². The highest BCUT2D eigenvalue weighted by atomic mass is 32.1. The molecule has 5 heteroatoms. The Balaban J connectivity index is 1.75. The van der Waals surface area contributed by atoms with Crippen LogP contribution in [-0.4, -0.2) is 43.3 Å². The number of para-hydroxylation sites is 1. The molecule has 0 N–H and O–H groups in total. The summed E-state index contributed by atoms with van der Waals surface area (Å²) in [7, 11) is 1.61. The van der Waals surface area contributed by atoms with E-state index in [1.54, 1.807) is 23.3 Å². The third kappa shape index (κ3) is 4.17. The van der Waals surface area contributed by atoms with Crippen LogP contribution in [0, 0.1) is 0 Å². The number of hydrogen-bond donors (Lipinski definition) is 0. The van der Waals surface area contributed by atoms with E-state index in [1.807, 2.05) is 30.3 Å². The maximum Gasteiger partial charge on any atom is 0.229 e. The highest BCUT2D eigenvalue weighted by molar-refractivity contribution is 7.09. The first-order valence-corrected chi connectivity index (χ1v) is 9.89. The Bertz CT molecular complexity index is 773. The van der Waals surface area contributed by atoms with Crippen molar-refractivity contribution in [3.63, 3.8) is 0 Å². The van der Waals surface area contributed by atoms with Crippen molar-refractivity contribution in [1.82, 2.24) is 4.90 Å². The SMILES string of the molecule is [2H]C([2H])([2H])CC(=O)N(c1ccccc1)C1(OC)CCN(CCc2cccs2)CC1. The number of nitrogens with zero attached hydrogens (tertiary/aromatic N) is 2. The largest absolute Gasteiger partial charge is 0.358 e. The van der Waals surface area contributed by atoms with Crippen molar-refractivity contribution in [3.05, 3.63) is 52.7 Å². The summed E-state index contributed by atoms with van der Waals surface area (Å²) >= 11 is 1.77. The zero-order valence-electron chi connectivity index (χ0n) is 18.2. The van der Waals surface area contributed by atoms with Gasteiger partial charge in [-0.05, 0) is 30.0 Å². The summed E-state index contributed by atoms with van der Waals surface area (Å²) < 4.78 is 28.6. The molecule has 1 aliphatic rings. The molecule has 0 atom stereocenters. The molecule has 0 saturated carbocycles. The van der Waals surface area contributed by atoms with E-state index in [0.29, 0.717) is 18.5 Å². The number of hydrogen-bond acceptors (Lipinski definition) is 4. The van der Waals surface area contributed by atoms with E-state index in [0.717, 1.165) is 26.1 Å². The topological polar surface area (TPSA) is 32.8 Å². The van der Waals surface area contributed by atoms with Gasteiger partial charge in [-0.2, -0.15) is 0 Å². The van der Waals surface area contributed by atoms with Crippen LogP contribution in [0.4, 0.5) is 5.69 Å². The minimum atomic E-state index is -2.32. The van der Waals surface area contributed by atoms with E-state index in [2.05, 4.69) is 22.4 Å². The van der Waals surface area contributed by atoms with E-state index in [4.69, 9.17) is 8.85 Å². The molecule has 26 heavy (non-hydrogen) atoms. The Morgan fingerprint density at radius 1 is 1.27 bits per heavy atom. The molecule has 140 valence electrons. The molecule has 0 bridgehead atoms. The van der Waals surface area contributed by atoms with Crippen molar-refractivity contribution < 1.29 is 13.6 Å². The number of carbonyl (C=O) groups excluding carboxylic acids is 1. The Morgan fingerprint density at radius 2 is 2.04 bits per heavy atom. The number of ether oxygens (including phenoxy) is 1. The maximum absolute atomic E-state index is 13.1. The van der Waals surface area contributed by atoms with Gasteiger partial charge in [0.25, 0.3) is 0 Å². The van der Waals surface area contributed by atoms with Gasteiger partial charge in [0, 0.05) is 60.7 Å². The second-order valence-electron chi connectivity index (χ2n) is 6.56. The number of piperidine rings is 1. The predicted molar refractivity (Wildman–Crippen MR) is 108 cm³/mol. The molecule has 0 aliphatic carbocycles. The van der Waals surface area contributed by atoms with Crippen LogP contribution in [0.25, 0.3) is 0 Å². The second-order valence-corrected chi connectivity index (χ2v) is 7.60. The zero-order chi connectivity index (χ0) is 20.9. The summed E-state index contributed by atoms with van der Waals surface area (Å²) in [6.45, 7) is 0.239. The monoisotopic (exact) mass is 375 g/mol. The van der Waals surface area contributed by atoms with E-state index in [9.17, 15) is 4.79 Å². The number of carbonyl (C=O) groups is 1. The Morgan fingerprint density at radius 3 is 2.65 bits per heavy atom. The van der Waals surface area contributed by atoms with E-state index in [-0.39, 0.29) is 0 Å². The lowest BCUT2D eigenvalue weighted by atomic mass is 9.96. The molecule has 2 heterocycles. The third-order valence-electron chi connectivity index (χ3n) is 5.09. The standard InChI is InChI=1S/C21H28N2O2S/c1-3-20(24)23(18-8-5-4-6-9-18)21(25-2)12-15-22(16-13-21)14-11-19-10-7-17-26-19/h4-10,17H,3,11-16H2,1-2H3/i1D3. The van der Waals surface area contributed by atoms with Gasteiger partial charge in [-0.25, -0.2) is 0 Å². The molecule has 3 rings (SSSR count). The van der Waals surface area contributed by atoms with Crippen molar-refractivity contribution in [2.45, 2.75) is 38.3 Å². The van der Waals surface area contributed by atoms with Gasteiger partial charge in [0.2, 0.25) is 5.91 Å². The van der Waals surface area contributed by atoms with Gasteiger partial charge in [0.05, 0.1) is 0 Å². The summed E-state index contributed by atoms with van der Waals surface area (Å²) in [5, 5.41) is 2.09. The zero-order valence-corrected chi connectivity index (χ0v) is 16.0. The number of anilines is 1. The minimum Gasteiger partial charge on any atom is -0.358 e. The van der Waals surface area contributed by atoms with Gasteiger partial charge in [0.15, 0.2) is 0 Å². The van der Waals surface area contributed by atoms with Crippen LogP contribution >= 0.6 is 11.3 Å². The molecule has 0 unspecified atom stereocenters. The van der Waals surface area contributed by atoms with Crippen LogP contribution in [0.1, 0.15) is 35.1 Å². The molecule has 2 aromatic rings. The van der Waals surface area contributed by atoms with Crippen LogP contribution in [-0.2, 0) is 16.0 Å². The van der Waals surface area contributed by atoms with Crippen LogP contribution < -0.4 is 4.90 Å². The highest BCUT2D eigenvalue weighted by Gasteiger charge is 2.42. The van der Waals surface area contributed by atoms with E-state index >= 15 is 0 Å². The van der Waals surface area contributed by atoms with Crippen molar-refractivity contribution in [1.29, 1.82) is 0 Å². The summed E-state index contributed by atoms with van der Waals surface area (Å²) in [5.41, 5.74) is -0.154. The number of methoxy groups -OCH3 is 1. The molecular weight excluding hydrogens is 344 g/mol. The van der Waals surface area contributed by atoms with E-state index in [1.165, 1.54) is 4.88 Å². The maximum atomic E-state index is 13.1. The quantitative estimate of drug-likeness (QED) is 0.681. The molecule has 1 aliphatic heterocycles. The fourth-order valence-electron chi connectivity index (χ4n) is 3.63. The molecule has 1 aromatic carbocycles. The van der Waals surface area contributed by atoms with Gasteiger partial charge >= 0.3 is 0 Å². The molecule has 4 nitrogen and oxygen atoms in total. The molecular formula is C21H28N2O2S. The summed E-state index contributed by atoms with van der Waals surface area (Å²) in [6, 6.07) is 13.5. The number of benzene rings is 1. The lowest BCUT2D eigenvalue weighted by molar-refractivity contribution is -0.128. The Kier molecular flexibility index (Phi) is 5.20. The first kappa shape index (κ1) is 15.4. The highest BCUT2D eigenvalue weighted by Crippen LogP contribution is 2.34. The number of thiophene rings is 1. The fourth-order valence-corrected chi connectivity index (χ4v) is 4.33. The van der Waals surface area contributed by atoms with Gasteiger partial charge < -0.3 is 9.64 Å². The van der Waals surface area contributed by atoms with Crippen molar-refractivity contribution in [3.8, 4) is 0 Å². The van der Waals surface area contributed by atoms with Crippen LogP contribution in [0.15, 0.2) is 47.8 Å². The summed E-state index contributed by atoms with van der Waals surface area (Å²) in [6.07, 6.45) is 1.78. The minimum absolute atomic E-state index is 0.426. The molecule has 0 spiro atoms. The first-order valence-electron chi connectivity index (χ1n) is 10.5. The van der Waals surface area contributed by atoms with Crippen molar-refractivity contribution in [2.75, 3.05) is 31.6 Å².